The molecule has 74 valence electrons. The molecule has 0 saturated heterocycles. The largest absolute Gasteiger partial charge is 0.349 e. The first-order chi connectivity index (χ1) is 6.70. The SMILES string of the molecule is CN(C)c1nc2cc(NN)ccc2[nH]1. The number of aromatic nitrogens is 2. The summed E-state index contributed by atoms with van der Waals surface area (Å²) in [7, 11) is 3.89. The molecule has 2 aromatic rings. The number of H-pyrrole nitrogens is 1. The number of imidazole rings is 1. The van der Waals surface area contributed by atoms with Crippen molar-refractivity contribution in [2.45, 2.75) is 0 Å². The van der Waals surface area contributed by atoms with Gasteiger partial charge in [-0.25, -0.2) is 4.98 Å². The zero-order valence-electron chi connectivity index (χ0n) is 8.20. The van der Waals surface area contributed by atoms with E-state index in [4.69, 9.17) is 5.84 Å². The van der Waals surface area contributed by atoms with Gasteiger partial charge in [-0.2, -0.15) is 0 Å². The lowest BCUT2D eigenvalue weighted by molar-refractivity contribution is 1.05. The van der Waals surface area contributed by atoms with Crippen LogP contribution in [0.15, 0.2) is 18.2 Å². The summed E-state index contributed by atoms with van der Waals surface area (Å²) in [4.78, 5) is 9.51. The highest BCUT2D eigenvalue weighted by Gasteiger charge is 2.03. The number of aromatic amines is 1. The summed E-state index contributed by atoms with van der Waals surface area (Å²) >= 11 is 0. The summed E-state index contributed by atoms with van der Waals surface area (Å²) in [5, 5.41) is 0. The van der Waals surface area contributed by atoms with Gasteiger partial charge in [0.1, 0.15) is 0 Å². The van der Waals surface area contributed by atoms with Crippen molar-refractivity contribution in [3.8, 4) is 0 Å². The van der Waals surface area contributed by atoms with Gasteiger partial charge in [0.15, 0.2) is 0 Å². The molecule has 5 heteroatoms. The third-order valence-corrected chi connectivity index (χ3v) is 2.06. The summed E-state index contributed by atoms with van der Waals surface area (Å²) < 4.78 is 0. The predicted molar refractivity (Wildman–Crippen MR) is 58.2 cm³/mol. The fourth-order valence-corrected chi connectivity index (χ4v) is 1.29. The van der Waals surface area contributed by atoms with E-state index < -0.39 is 0 Å². The van der Waals surface area contributed by atoms with Gasteiger partial charge in [-0.1, -0.05) is 0 Å². The van der Waals surface area contributed by atoms with Crippen LogP contribution in [0.25, 0.3) is 11.0 Å². The number of rotatable bonds is 2. The van der Waals surface area contributed by atoms with Crippen molar-refractivity contribution < 1.29 is 0 Å². The van der Waals surface area contributed by atoms with E-state index in [9.17, 15) is 0 Å². The van der Waals surface area contributed by atoms with Crippen LogP contribution >= 0.6 is 0 Å². The van der Waals surface area contributed by atoms with E-state index in [1.54, 1.807) is 0 Å². The van der Waals surface area contributed by atoms with Crippen molar-refractivity contribution in [1.29, 1.82) is 0 Å². The van der Waals surface area contributed by atoms with Gasteiger partial charge in [-0.3, -0.25) is 5.84 Å². The van der Waals surface area contributed by atoms with Crippen molar-refractivity contribution in [3.05, 3.63) is 18.2 Å². The van der Waals surface area contributed by atoms with E-state index in [2.05, 4.69) is 15.4 Å². The van der Waals surface area contributed by atoms with Gasteiger partial charge in [-0.05, 0) is 18.2 Å². The normalized spacial score (nSPS) is 10.5. The first-order valence-corrected chi connectivity index (χ1v) is 4.34. The lowest BCUT2D eigenvalue weighted by Gasteiger charge is -2.05. The monoisotopic (exact) mass is 191 g/mol. The first kappa shape index (κ1) is 8.83. The van der Waals surface area contributed by atoms with Gasteiger partial charge in [0.2, 0.25) is 5.95 Å². The van der Waals surface area contributed by atoms with Crippen LogP contribution in [0.4, 0.5) is 11.6 Å². The molecule has 4 N–H and O–H groups in total. The quantitative estimate of drug-likeness (QED) is 0.487. The number of anilines is 2. The number of fused-ring (bicyclic) bond motifs is 1. The third kappa shape index (κ3) is 1.38. The van der Waals surface area contributed by atoms with Crippen LogP contribution in [-0.4, -0.2) is 24.1 Å². The Hall–Kier alpha value is -1.75. The first-order valence-electron chi connectivity index (χ1n) is 4.34. The molecule has 0 amide bonds. The zero-order chi connectivity index (χ0) is 10.1. The molecule has 0 fully saturated rings. The van der Waals surface area contributed by atoms with Crippen molar-refractivity contribution in [2.75, 3.05) is 24.4 Å². The highest BCUT2D eigenvalue weighted by Crippen LogP contribution is 2.19. The number of nitrogen functional groups attached to an aromatic ring is 1. The molecule has 1 aromatic carbocycles. The topological polar surface area (TPSA) is 70.0 Å². The van der Waals surface area contributed by atoms with Crippen LogP contribution in [0.2, 0.25) is 0 Å². The smallest absolute Gasteiger partial charge is 0.203 e. The Kier molecular flexibility index (Phi) is 2.01. The second-order valence-electron chi connectivity index (χ2n) is 3.33. The third-order valence-electron chi connectivity index (χ3n) is 2.06. The van der Waals surface area contributed by atoms with Crippen molar-refractivity contribution in [2.24, 2.45) is 5.84 Å². The molecule has 0 unspecified atom stereocenters. The molecule has 2 rings (SSSR count). The molecule has 0 aliphatic carbocycles. The van der Waals surface area contributed by atoms with Crippen molar-refractivity contribution in [3.63, 3.8) is 0 Å². The molecule has 5 nitrogen and oxygen atoms in total. The van der Waals surface area contributed by atoms with E-state index >= 15 is 0 Å². The summed E-state index contributed by atoms with van der Waals surface area (Å²) in [6.07, 6.45) is 0. The summed E-state index contributed by atoms with van der Waals surface area (Å²) in [6.45, 7) is 0. The zero-order valence-corrected chi connectivity index (χ0v) is 8.20. The van der Waals surface area contributed by atoms with Gasteiger partial charge in [0.05, 0.1) is 16.7 Å². The van der Waals surface area contributed by atoms with E-state index in [1.807, 2.05) is 37.2 Å². The minimum absolute atomic E-state index is 0.842. The average Bonchev–Trinajstić information content (AvgIpc) is 2.59. The van der Waals surface area contributed by atoms with E-state index in [1.165, 1.54) is 0 Å². The molecule has 0 aliphatic rings. The van der Waals surface area contributed by atoms with Crippen molar-refractivity contribution >= 4 is 22.7 Å². The van der Waals surface area contributed by atoms with E-state index in [-0.39, 0.29) is 0 Å². The van der Waals surface area contributed by atoms with Gasteiger partial charge >= 0.3 is 0 Å². The molecule has 0 saturated carbocycles. The maximum absolute atomic E-state index is 5.31. The Labute approximate surface area is 81.9 Å². The van der Waals surface area contributed by atoms with Crippen molar-refractivity contribution in [1.82, 2.24) is 9.97 Å². The minimum Gasteiger partial charge on any atom is -0.349 e. The van der Waals surface area contributed by atoms with Crippen LogP contribution in [0.3, 0.4) is 0 Å². The Morgan fingerprint density at radius 1 is 1.43 bits per heavy atom. The molecule has 14 heavy (non-hydrogen) atoms. The molecule has 0 spiro atoms. The molecule has 0 bridgehead atoms. The highest BCUT2D eigenvalue weighted by atomic mass is 15.2. The van der Waals surface area contributed by atoms with E-state index in [0.29, 0.717) is 0 Å². The fourth-order valence-electron chi connectivity index (χ4n) is 1.29. The number of benzene rings is 1. The van der Waals surface area contributed by atoms with Gasteiger partial charge in [0, 0.05) is 14.1 Å². The second kappa shape index (κ2) is 3.19. The number of nitrogens with zero attached hydrogens (tertiary/aromatic N) is 2. The van der Waals surface area contributed by atoms with E-state index in [0.717, 1.165) is 22.7 Å². The van der Waals surface area contributed by atoms with Crippen LogP contribution in [0.1, 0.15) is 0 Å². The average molecular weight is 191 g/mol. The minimum atomic E-state index is 0.842. The second-order valence-corrected chi connectivity index (χ2v) is 3.33. The molecular weight excluding hydrogens is 178 g/mol. The summed E-state index contributed by atoms with van der Waals surface area (Å²) in [5.41, 5.74) is 5.36. The lowest BCUT2D eigenvalue weighted by atomic mass is 10.3. The lowest BCUT2D eigenvalue weighted by Crippen LogP contribution is -2.09. The number of hydrogen-bond acceptors (Lipinski definition) is 4. The Morgan fingerprint density at radius 3 is 2.86 bits per heavy atom. The molecular formula is C9H13N5. The standard InChI is InChI=1S/C9H13N5/c1-14(2)9-11-7-4-3-6(13-10)5-8(7)12-9/h3-5,13H,10H2,1-2H3,(H,11,12). The van der Waals surface area contributed by atoms with Gasteiger partial charge in [0.25, 0.3) is 0 Å². The maximum Gasteiger partial charge on any atom is 0.203 e. The fraction of sp³-hybridized carbons (Fsp3) is 0.222. The number of hydrogen-bond donors (Lipinski definition) is 3. The Bertz CT molecular complexity index is 445. The Morgan fingerprint density at radius 2 is 2.21 bits per heavy atom. The molecule has 0 aliphatic heterocycles. The molecule has 1 heterocycles. The maximum atomic E-state index is 5.31. The molecule has 0 atom stereocenters. The summed E-state index contributed by atoms with van der Waals surface area (Å²) in [5.74, 6) is 6.15. The number of nitrogens with two attached hydrogens (primary N) is 1. The highest BCUT2D eigenvalue weighted by molar-refractivity contribution is 5.81. The molecule has 0 radical (unpaired) electrons. The van der Waals surface area contributed by atoms with Gasteiger partial charge in [-0.15, -0.1) is 0 Å². The number of hydrazine groups is 1. The van der Waals surface area contributed by atoms with Crippen LogP contribution in [-0.2, 0) is 0 Å². The predicted octanol–water partition coefficient (Wildman–Crippen LogP) is 0.914. The summed E-state index contributed by atoms with van der Waals surface area (Å²) in [6, 6.07) is 5.75. The van der Waals surface area contributed by atoms with Crippen LogP contribution in [0, 0.1) is 0 Å². The molecule has 1 aromatic heterocycles. The van der Waals surface area contributed by atoms with Crippen LogP contribution in [0.5, 0.6) is 0 Å². The van der Waals surface area contributed by atoms with Crippen LogP contribution < -0.4 is 16.2 Å². The Balaban J connectivity index is 2.54. The van der Waals surface area contributed by atoms with Gasteiger partial charge < -0.3 is 15.3 Å². The number of nitrogens with one attached hydrogen (secondary N) is 2.